The summed E-state index contributed by atoms with van der Waals surface area (Å²) < 4.78 is 10.7. The zero-order valence-electron chi connectivity index (χ0n) is 11.7. The fourth-order valence-electron chi connectivity index (χ4n) is 1.45. The van der Waals surface area contributed by atoms with Crippen molar-refractivity contribution in [2.24, 2.45) is 0 Å². The highest BCUT2D eigenvalue weighted by atomic mass is 32.1. The number of rotatable bonds is 7. The lowest BCUT2D eigenvalue weighted by Gasteiger charge is -2.08. The zero-order valence-corrected chi connectivity index (χ0v) is 12.5. The largest absolute Gasteiger partial charge is 0.493 e. The van der Waals surface area contributed by atoms with Gasteiger partial charge in [0.25, 0.3) is 0 Å². The topological polar surface area (TPSA) is 56.5 Å². The van der Waals surface area contributed by atoms with Gasteiger partial charge in [0, 0.05) is 12.1 Å². The van der Waals surface area contributed by atoms with Gasteiger partial charge in [-0.1, -0.05) is 6.08 Å². The molecule has 0 atom stereocenters. The smallest absolute Gasteiger partial charge is 0.224 e. The highest BCUT2D eigenvalue weighted by Crippen LogP contribution is 2.27. The van der Waals surface area contributed by atoms with Crippen LogP contribution in [0.5, 0.6) is 11.5 Å². The number of benzene rings is 1. The van der Waals surface area contributed by atoms with Crippen molar-refractivity contribution in [3.8, 4) is 11.5 Å². The molecule has 0 aliphatic heterocycles. The molecule has 0 saturated heterocycles. The standard InChI is InChI=1S/C14H19N3O2S/c1-4-8-15-14(20)17-16-10-11-6-7-12(18-3)13(9-11)19-5-2/h4,6-7,9-10H,1,5,8H2,2-3H3,(H2,15,17,20)/p+1. The number of thiocarbonyl (C=S) groups is 1. The maximum atomic E-state index is 5.51. The van der Waals surface area contributed by atoms with E-state index in [9.17, 15) is 0 Å². The van der Waals surface area contributed by atoms with E-state index < -0.39 is 0 Å². The van der Waals surface area contributed by atoms with Crippen molar-refractivity contribution in [3.63, 3.8) is 0 Å². The summed E-state index contributed by atoms with van der Waals surface area (Å²) >= 11 is 5.04. The molecule has 1 rings (SSSR count). The average Bonchev–Trinajstić information content (AvgIpc) is 2.46. The van der Waals surface area contributed by atoms with Crippen LogP contribution in [-0.4, -0.2) is 31.6 Å². The van der Waals surface area contributed by atoms with E-state index in [-0.39, 0.29) is 0 Å². The molecule has 1 aromatic rings. The van der Waals surface area contributed by atoms with Crippen LogP contribution in [0, 0.1) is 0 Å². The molecule has 0 aliphatic rings. The first-order chi connectivity index (χ1) is 9.71. The molecule has 108 valence electrons. The van der Waals surface area contributed by atoms with Gasteiger partial charge in [0.2, 0.25) is 5.11 Å². The van der Waals surface area contributed by atoms with E-state index in [1.165, 1.54) is 0 Å². The Balaban J connectivity index is 2.65. The minimum absolute atomic E-state index is 0.500. The molecular formula is C14H20N3O2S+. The van der Waals surface area contributed by atoms with Gasteiger partial charge in [-0.2, -0.15) is 0 Å². The van der Waals surface area contributed by atoms with E-state index >= 15 is 0 Å². The monoisotopic (exact) mass is 294 g/mol. The van der Waals surface area contributed by atoms with Crippen LogP contribution < -0.4 is 25.3 Å². The maximum Gasteiger partial charge on any atom is 0.224 e. The van der Waals surface area contributed by atoms with Crippen LogP contribution in [0.4, 0.5) is 0 Å². The molecule has 0 saturated carbocycles. The Morgan fingerprint density at radius 1 is 1.45 bits per heavy atom. The summed E-state index contributed by atoms with van der Waals surface area (Å²) in [5, 5.41) is 6.35. The van der Waals surface area contributed by atoms with Crippen LogP contribution in [0.15, 0.2) is 30.9 Å². The number of ether oxygens (including phenoxy) is 2. The van der Waals surface area contributed by atoms with Crippen molar-refractivity contribution in [1.29, 1.82) is 0 Å². The van der Waals surface area contributed by atoms with Crippen molar-refractivity contribution in [1.82, 2.24) is 10.7 Å². The quantitative estimate of drug-likeness (QED) is 0.289. The molecule has 0 aromatic heterocycles. The van der Waals surface area contributed by atoms with Gasteiger partial charge in [0.1, 0.15) is 0 Å². The van der Waals surface area contributed by atoms with Gasteiger partial charge in [-0.05, 0) is 37.3 Å². The molecule has 0 radical (unpaired) electrons. The van der Waals surface area contributed by atoms with E-state index in [2.05, 4.69) is 22.4 Å². The Labute approximate surface area is 124 Å². The molecular weight excluding hydrogens is 274 g/mol. The van der Waals surface area contributed by atoms with Crippen LogP contribution in [-0.2, 0) is 0 Å². The summed E-state index contributed by atoms with van der Waals surface area (Å²) in [5.74, 6) is 1.41. The number of hydrogen-bond donors (Lipinski definition) is 3. The molecule has 0 heterocycles. The van der Waals surface area contributed by atoms with Crippen LogP contribution in [0.1, 0.15) is 12.5 Å². The molecule has 0 bridgehead atoms. The predicted octanol–water partition coefficient (Wildman–Crippen LogP) is 0.159. The van der Waals surface area contributed by atoms with Crippen LogP contribution >= 0.6 is 12.2 Å². The highest BCUT2D eigenvalue weighted by molar-refractivity contribution is 7.80. The second-order valence-electron chi connectivity index (χ2n) is 3.76. The molecule has 1 aromatic carbocycles. The molecule has 0 spiro atoms. The van der Waals surface area contributed by atoms with E-state index in [0.717, 1.165) is 5.56 Å². The lowest BCUT2D eigenvalue weighted by Crippen LogP contribution is -2.82. The summed E-state index contributed by atoms with van der Waals surface area (Å²) in [6.45, 7) is 6.73. The molecule has 5 nitrogen and oxygen atoms in total. The lowest BCUT2D eigenvalue weighted by molar-refractivity contribution is -0.500. The SMILES string of the molecule is C=CCNC(=S)N[NH+]=Cc1ccc(OC)c(OCC)c1. The Morgan fingerprint density at radius 2 is 2.25 bits per heavy atom. The van der Waals surface area contributed by atoms with Crippen molar-refractivity contribution in [2.45, 2.75) is 6.92 Å². The minimum atomic E-state index is 0.500. The molecule has 0 fully saturated rings. The lowest BCUT2D eigenvalue weighted by atomic mass is 10.2. The highest BCUT2D eigenvalue weighted by Gasteiger charge is 2.05. The Morgan fingerprint density at radius 3 is 2.90 bits per heavy atom. The van der Waals surface area contributed by atoms with E-state index in [4.69, 9.17) is 21.7 Å². The first kappa shape index (κ1) is 16.0. The number of hydrazine groups is 1. The van der Waals surface area contributed by atoms with Crippen molar-refractivity contribution in [2.75, 3.05) is 20.3 Å². The Hall–Kier alpha value is -2.08. The summed E-state index contributed by atoms with van der Waals surface area (Å²) in [6.07, 6.45) is 3.51. The zero-order chi connectivity index (χ0) is 14.8. The normalized spacial score (nSPS) is 10.1. The fourth-order valence-corrected chi connectivity index (χ4v) is 1.59. The third-order valence-corrected chi connectivity index (χ3v) is 2.57. The van der Waals surface area contributed by atoms with E-state index in [1.54, 1.807) is 19.4 Å². The van der Waals surface area contributed by atoms with Gasteiger partial charge in [0.05, 0.1) is 13.7 Å². The number of nitrogens with one attached hydrogen (secondary N) is 3. The van der Waals surface area contributed by atoms with E-state index in [1.807, 2.05) is 25.1 Å². The van der Waals surface area contributed by atoms with Crippen molar-refractivity contribution >= 4 is 23.5 Å². The van der Waals surface area contributed by atoms with Crippen molar-refractivity contribution in [3.05, 3.63) is 36.4 Å². The molecule has 20 heavy (non-hydrogen) atoms. The van der Waals surface area contributed by atoms with Crippen LogP contribution in [0.2, 0.25) is 0 Å². The summed E-state index contributed by atoms with van der Waals surface area (Å²) in [5.41, 5.74) is 3.78. The van der Waals surface area contributed by atoms with Gasteiger partial charge >= 0.3 is 0 Å². The van der Waals surface area contributed by atoms with Crippen LogP contribution in [0.25, 0.3) is 0 Å². The second-order valence-corrected chi connectivity index (χ2v) is 4.16. The van der Waals surface area contributed by atoms with Gasteiger partial charge in [-0.15, -0.1) is 17.1 Å². The third kappa shape index (κ3) is 5.27. The second kappa shape index (κ2) is 8.92. The van der Waals surface area contributed by atoms with Gasteiger partial charge in [-0.3, -0.25) is 0 Å². The van der Waals surface area contributed by atoms with Gasteiger partial charge in [-0.25, -0.2) is 0 Å². The first-order valence-corrected chi connectivity index (χ1v) is 6.66. The van der Waals surface area contributed by atoms with Crippen LogP contribution in [0.3, 0.4) is 0 Å². The molecule has 0 aliphatic carbocycles. The Bertz CT molecular complexity index is 489. The summed E-state index contributed by atoms with van der Waals surface area (Å²) in [6, 6.07) is 5.65. The third-order valence-electron chi connectivity index (χ3n) is 2.32. The maximum absolute atomic E-state index is 5.51. The van der Waals surface area contributed by atoms with Gasteiger partial charge in [0.15, 0.2) is 17.7 Å². The predicted molar refractivity (Wildman–Crippen MR) is 84.2 cm³/mol. The fraction of sp³-hybridized carbons (Fsp3) is 0.286. The Kier molecular flexibility index (Phi) is 7.13. The number of methoxy groups -OCH3 is 1. The summed E-state index contributed by atoms with van der Waals surface area (Å²) in [7, 11) is 1.62. The van der Waals surface area contributed by atoms with E-state index in [0.29, 0.717) is 29.8 Å². The average molecular weight is 294 g/mol. The summed E-state index contributed by atoms with van der Waals surface area (Å²) in [4.78, 5) is 0. The number of hydrogen-bond acceptors (Lipinski definition) is 3. The van der Waals surface area contributed by atoms with Crippen molar-refractivity contribution < 1.29 is 14.6 Å². The molecule has 0 unspecified atom stereocenters. The first-order valence-electron chi connectivity index (χ1n) is 6.25. The molecule has 3 N–H and O–H groups in total. The number of hydrazone groups is 1. The minimum Gasteiger partial charge on any atom is -0.493 e. The molecule has 0 amide bonds. The molecule has 6 heteroatoms. The van der Waals surface area contributed by atoms with Gasteiger partial charge < -0.3 is 14.8 Å².